The van der Waals surface area contributed by atoms with Crippen LogP contribution in [0.5, 0.6) is 0 Å². The van der Waals surface area contributed by atoms with E-state index in [2.05, 4.69) is 10.5 Å². The van der Waals surface area contributed by atoms with E-state index in [-0.39, 0.29) is 11.7 Å². The number of nitrogens with zero attached hydrogens (tertiary/aromatic N) is 1. The summed E-state index contributed by atoms with van der Waals surface area (Å²) in [6.07, 6.45) is 0.762. The molecule has 0 saturated heterocycles. The smallest absolute Gasteiger partial charge is 0.170 e. The summed E-state index contributed by atoms with van der Waals surface area (Å²) in [6, 6.07) is 14.1. The van der Waals surface area contributed by atoms with Crippen molar-refractivity contribution in [3.05, 3.63) is 71.0 Å². The summed E-state index contributed by atoms with van der Waals surface area (Å²) < 4.78 is 13.0. The number of oxime groups is 1. The first-order valence-corrected chi connectivity index (χ1v) is 6.71. The Balaban J connectivity index is 1.84. The van der Waals surface area contributed by atoms with Crippen molar-refractivity contribution in [3.8, 4) is 0 Å². The first-order valence-electron chi connectivity index (χ1n) is 6.71. The fourth-order valence-corrected chi connectivity index (χ4v) is 2.06. The van der Waals surface area contributed by atoms with E-state index in [1.807, 2.05) is 24.3 Å². The molecule has 4 N–H and O–H groups in total. The fourth-order valence-electron chi connectivity index (χ4n) is 2.06. The van der Waals surface area contributed by atoms with E-state index >= 15 is 0 Å². The van der Waals surface area contributed by atoms with Crippen molar-refractivity contribution in [1.82, 2.24) is 5.32 Å². The van der Waals surface area contributed by atoms with Crippen LogP contribution in [0.3, 0.4) is 0 Å². The maximum atomic E-state index is 13.0. The van der Waals surface area contributed by atoms with Gasteiger partial charge in [0, 0.05) is 12.1 Å². The van der Waals surface area contributed by atoms with Crippen LogP contribution in [0.1, 0.15) is 16.7 Å². The molecule has 0 amide bonds. The third-order valence-corrected chi connectivity index (χ3v) is 3.14. The van der Waals surface area contributed by atoms with Crippen LogP contribution in [0.15, 0.2) is 53.7 Å². The van der Waals surface area contributed by atoms with E-state index in [0.29, 0.717) is 12.1 Å². The third kappa shape index (κ3) is 4.57. The lowest BCUT2D eigenvalue weighted by Gasteiger charge is -2.07. The van der Waals surface area contributed by atoms with Gasteiger partial charge in [-0.3, -0.25) is 0 Å². The summed E-state index contributed by atoms with van der Waals surface area (Å²) in [5.41, 5.74) is 8.24. The highest BCUT2D eigenvalue weighted by atomic mass is 19.1. The minimum atomic E-state index is -0.209. The van der Waals surface area contributed by atoms with Crippen molar-refractivity contribution in [2.24, 2.45) is 10.9 Å². The number of benzene rings is 2. The maximum Gasteiger partial charge on any atom is 0.170 e. The zero-order valence-electron chi connectivity index (χ0n) is 11.6. The van der Waals surface area contributed by atoms with Gasteiger partial charge in [0.25, 0.3) is 0 Å². The molecule has 21 heavy (non-hydrogen) atoms. The zero-order chi connectivity index (χ0) is 15.1. The fraction of sp³-hybridized carbons (Fsp3) is 0.188. The van der Waals surface area contributed by atoms with Crippen LogP contribution in [-0.4, -0.2) is 17.6 Å². The Hall–Kier alpha value is -2.40. The Morgan fingerprint density at radius 2 is 1.90 bits per heavy atom. The molecular formula is C16H18FN3O. The molecule has 0 aliphatic carbocycles. The molecule has 0 saturated carbocycles. The van der Waals surface area contributed by atoms with Gasteiger partial charge < -0.3 is 16.3 Å². The molecular weight excluding hydrogens is 269 g/mol. The van der Waals surface area contributed by atoms with Crippen LogP contribution in [0, 0.1) is 5.82 Å². The van der Waals surface area contributed by atoms with Crippen molar-refractivity contribution >= 4 is 5.84 Å². The predicted octanol–water partition coefficient (Wildman–Crippen LogP) is 2.25. The highest BCUT2D eigenvalue weighted by Gasteiger charge is 2.01. The second-order valence-corrected chi connectivity index (χ2v) is 4.74. The summed E-state index contributed by atoms with van der Waals surface area (Å²) in [7, 11) is 0. The van der Waals surface area contributed by atoms with Crippen LogP contribution < -0.4 is 11.1 Å². The van der Waals surface area contributed by atoms with Crippen molar-refractivity contribution < 1.29 is 9.60 Å². The molecule has 0 unspecified atom stereocenters. The maximum absolute atomic E-state index is 13.0. The third-order valence-electron chi connectivity index (χ3n) is 3.14. The predicted molar refractivity (Wildman–Crippen MR) is 80.8 cm³/mol. The molecule has 5 heteroatoms. The number of rotatable bonds is 6. The molecule has 0 radical (unpaired) electrons. The van der Waals surface area contributed by atoms with Gasteiger partial charge in [-0.25, -0.2) is 4.39 Å². The van der Waals surface area contributed by atoms with Crippen molar-refractivity contribution in [2.75, 3.05) is 6.54 Å². The molecule has 0 spiro atoms. The van der Waals surface area contributed by atoms with Crippen molar-refractivity contribution in [2.45, 2.75) is 13.0 Å². The van der Waals surface area contributed by atoms with Gasteiger partial charge in [0.2, 0.25) is 0 Å². The summed E-state index contributed by atoms with van der Waals surface area (Å²) in [5, 5.41) is 14.9. The molecule has 0 aromatic heterocycles. The van der Waals surface area contributed by atoms with Gasteiger partial charge >= 0.3 is 0 Å². The average molecular weight is 287 g/mol. The first-order chi connectivity index (χ1) is 10.2. The van der Waals surface area contributed by atoms with E-state index in [1.54, 1.807) is 18.2 Å². The lowest BCUT2D eigenvalue weighted by Crippen LogP contribution is -2.18. The standard InChI is InChI=1S/C16H18FN3O/c17-15-6-2-3-12(10-15)7-8-19-11-13-4-1-5-14(9-13)16(18)20-21/h1-6,9-10,19,21H,7-8,11H2,(H2,18,20). The Labute approximate surface area is 123 Å². The number of hydrogen-bond donors (Lipinski definition) is 3. The normalized spacial score (nSPS) is 11.6. The highest BCUT2D eigenvalue weighted by Crippen LogP contribution is 2.06. The lowest BCUT2D eigenvalue weighted by atomic mass is 10.1. The van der Waals surface area contributed by atoms with E-state index in [9.17, 15) is 4.39 Å². The van der Waals surface area contributed by atoms with Crippen molar-refractivity contribution in [1.29, 1.82) is 0 Å². The molecule has 0 aliphatic heterocycles. The Kier molecular flexibility index (Phi) is 5.29. The molecule has 0 aliphatic rings. The summed E-state index contributed by atoms with van der Waals surface area (Å²) in [6.45, 7) is 1.42. The number of nitrogens with two attached hydrogens (primary N) is 1. The van der Waals surface area contributed by atoms with Crippen LogP contribution in [0.4, 0.5) is 4.39 Å². The largest absolute Gasteiger partial charge is 0.409 e. The van der Waals surface area contributed by atoms with Gasteiger partial charge in [-0.2, -0.15) is 0 Å². The number of halogens is 1. The van der Waals surface area contributed by atoms with Crippen LogP contribution >= 0.6 is 0 Å². The summed E-state index contributed by atoms with van der Waals surface area (Å²) >= 11 is 0. The second-order valence-electron chi connectivity index (χ2n) is 4.74. The van der Waals surface area contributed by atoms with Crippen LogP contribution in [0.25, 0.3) is 0 Å². The average Bonchev–Trinajstić information content (AvgIpc) is 2.51. The topological polar surface area (TPSA) is 70.6 Å². The summed E-state index contributed by atoms with van der Waals surface area (Å²) in [4.78, 5) is 0. The Morgan fingerprint density at radius 3 is 2.67 bits per heavy atom. The SMILES string of the molecule is NC(=NO)c1cccc(CNCCc2cccc(F)c2)c1. The van der Waals surface area contributed by atoms with E-state index in [0.717, 1.165) is 24.1 Å². The molecule has 4 nitrogen and oxygen atoms in total. The number of amidine groups is 1. The Morgan fingerprint density at radius 1 is 1.14 bits per heavy atom. The highest BCUT2D eigenvalue weighted by molar-refractivity contribution is 5.97. The minimum Gasteiger partial charge on any atom is -0.409 e. The Bertz CT molecular complexity index is 628. The molecule has 0 fully saturated rings. The van der Waals surface area contributed by atoms with Crippen molar-refractivity contribution in [3.63, 3.8) is 0 Å². The molecule has 0 bridgehead atoms. The number of hydrogen-bond acceptors (Lipinski definition) is 3. The monoisotopic (exact) mass is 287 g/mol. The summed E-state index contributed by atoms with van der Waals surface area (Å²) in [5.74, 6) is -0.115. The van der Waals surface area contributed by atoms with Gasteiger partial charge in [-0.1, -0.05) is 35.5 Å². The van der Waals surface area contributed by atoms with Gasteiger partial charge in [0.15, 0.2) is 5.84 Å². The van der Waals surface area contributed by atoms with Gasteiger partial charge in [-0.05, 0) is 42.3 Å². The lowest BCUT2D eigenvalue weighted by molar-refractivity contribution is 0.318. The quantitative estimate of drug-likeness (QED) is 0.251. The molecule has 2 aromatic rings. The minimum absolute atomic E-state index is 0.0941. The van der Waals surface area contributed by atoms with E-state index in [4.69, 9.17) is 10.9 Å². The van der Waals surface area contributed by atoms with E-state index in [1.165, 1.54) is 6.07 Å². The molecule has 0 heterocycles. The molecule has 0 atom stereocenters. The molecule has 2 rings (SSSR count). The number of nitrogens with one attached hydrogen (secondary N) is 1. The van der Waals surface area contributed by atoms with Gasteiger partial charge in [0.05, 0.1) is 0 Å². The molecule has 110 valence electrons. The van der Waals surface area contributed by atoms with Gasteiger partial charge in [0.1, 0.15) is 5.82 Å². The van der Waals surface area contributed by atoms with Crippen LogP contribution in [-0.2, 0) is 13.0 Å². The zero-order valence-corrected chi connectivity index (χ0v) is 11.6. The first kappa shape index (κ1) is 15.0. The molecule has 2 aromatic carbocycles. The van der Waals surface area contributed by atoms with E-state index < -0.39 is 0 Å². The van der Waals surface area contributed by atoms with Crippen LogP contribution in [0.2, 0.25) is 0 Å². The van der Waals surface area contributed by atoms with Gasteiger partial charge in [-0.15, -0.1) is 0 Å². The second kappa shape index (κ2) is 7.40.